The molecule has 13 nitrogen and oxygen atoms in total. The Kier molecular flexibility index (Phi) is 18.5. The van der Waals surface area contributed by atoms with Crippen LogP contribution in [0.25, 0.3) is 0 Å². The number of hydrogen-bond acceptors (Lipinski definition) is 13. The van der Waals surface area contributed by atoms with Gasteiger partial charge in [-0.15, -0.1) is 0 Å². The second kappa shape index (κ2) is 20.8. The summed E-state index contributed by atoms with van der Waals surface area (Å²) in [6.45, 7) is 33.7. The zero-order chi connectivity index (χ0) is 44.6. The topological polar surface area (TPSA) is 145 Å². The molecule has 0 aromatic carbocycles. The van der Waals surface area contributed by atoms with Crippen molar-refractivity contribution in [3.8, 4) is 0 Å². The maximum Gasteiger partial charge on any atom is 0.311 e. The van der Waals surface area contributed by atoms with Crippen LogP contribution >= 0.6 is 0 Å². The van der Waals surface area contributed by atoms with Gasteiger partial charge in [0.2, 0.25) is 8.32 Å². The zero-order valence-electron chi connectivity index (χ0n) is 39.2. The molecular formula is C44H79NO12Si. The Morgan fingerprint density at radius 1 is 0.741 bits per heavy atom. The molecule has 0 bridgehead atoms. The normalized spacial score (nSPS) is 25.6. The monoisotopic (exact) mass is 842 g/mol. The number of rotatable bonds is 17. The fourth-order valence-corrected chi connectivity index (χ4v) is 7.37. The van der Waals surface area contributed by atoms with Crippen LogP contribution in [0, 0.1) is 21.7 Å². The van der Waals surface area contributed by atoms with E-state index in [9.17, 15) is 19.2 Å². The lowest BCUT2D eigenvalue weighted by Gasteiger charge is -2.53. The molecule has 2 heterocycles. The van der Waals surface area contributed by atoms with E-state index in [1.165, 1.54) is 0 Å². The minimum Gasteiger partial charge on any atom is -0.547 e. The van der Waals surface area contributed by atoms with Crippen molar-refractivity contribution in [3.63, 3.8) is 0 Å². The molecule has 2 aliphatic heterocycles. The van der Waals surface area contributed by atoms with E-state index in [2.05, 4.69) is 37.5 Å². The predicted molar refractivity (Wildman–Crippen MR) is 225 cm³/mol. The van der Waals surface area contributed by atoms with Crippen LogP contribution in [0.5, 0.6) is 0 Å². The van der Waals surface area contributed by atoms with Crippen LogP contribution in [0.4, 0.5) is 0 Å². The predicted octanol–water partition coefficient (Wildman–Crippen LogP) is 8.33. The van der Waals surface area contributed by atoms with E-state index < -0.39 is 84.5 Å². The van der Waals surface area contributed by atoms with Crippen LogP contribution in [-0.2, 0) is 56.8 Å². The van der Waals surface area contributed by atoms with E-state index in [0.717, 1.165) is 18.6 Å². The van der Waals surface area contributed by atoms with Crippen LogP contribution in [0.3, 0.4) is 0 Å². The summed E-state index contributed by atoms with van der Waals surface area (Å²) in [5, 5.41) is 0. The second-order valence-corrected chi connectivity index (χ2v) is 25.2. The maximum atomic E-state index is 14.0. The lowest BCUT2D eigenvalue weighted by atomic mass is 9.89. The number of carbonyl (C=O) groups is 4. The quantitative estimate of drug-likeness (QED) is 0.0455. The van der Waals surface area contributed by atoms with Crippen LogP contribution in [0.1, 0.15) is 136 Å². The van der Waals surface area contributed by atoms with Gasteiger partial charge >= 0.3 is 23.9 Å². The van der Waals surface area contributed by atoms with Crippen molar-refractivity contribution in [1.29, 1.82) is 0 Å². The first-order valence-electron chi connectivity index (χ1n) is 21.3. The molecule has 0 aromatic heterocycles. The van der Waals surface area contributed by atoms with Gasteiger partial charge in [-0.3, -0.25) is 24.1 Å². The highest BCUT2D eigenvalue weighted by molar-refractivity contribution is 6.70. The molecular weight excluding hydrogens is 763 g/mol. The molecule has 1 fully saturated rings. The molecule has 14 heteroatoms. The Morgan fingerprint density at radius 2 is 1.24 bits per heavy atom. The average Bonchev–Trinajstić information content (AvgIpc) is 3.05. The Bertz CT molecular complexity index is 1400. The highest BCUT2D eigenvalue weighted by atomic mass is 28.4. The van der Waals surface area contributed by atoms with Crippen molar-refractivity contribution < 1.29 is 56.8 Å². The molecule has 2 rings (SSSR count). The summed E-state index contributed by atoms with van der Waals surface area (Å²) in [5.41, 5.74) is -3.76. The molecule has 336 valence electrons. The van der Waals surface area contributed by atoms with Gasteiger partial charge in [0, 0.05) is 31.7 Å². The molecule has 1 unspecified atom stereocenters. The lowest BCUT2D eigenvalue weighted by Crippen LogP contribution is -2.69. The summed E-state index contributed by atoms with van der Waals surface area (Å²) in [4.78, 5) is 57.3. The Balaban J connectivity index is 2.96. The van der Waals surface area contributed by atoms with E-state index in [4.69, 9.17) is 37.6 Å². The third-order valence-electron chi connectivity index (χ3n) is 9.54. The van der Waals surface area contributed by atoms with Crippen molar-refractivity contribution in [2.45, 2.75) is 205 Å². The molecule has 58 heavy (non-hydrogen) atoms. The van der Waals surface area contributed by atoms with E-state index in [0.29, 0.717) is 32.5 Å². The lowest BCUT2D eigenvalue weighted by molar-refractivity contribution is -0.291. The largest absolute Gasteiger partial charge is 0.547 e. The van der Waals surface area contributed by atoms with Gasteiger partial charge in [-0.2, -0.15) is 0 Å². The third-order valence-corrected chi connectivity index (χ3v) is 10.4. The van der Waals surface area contributed by atoms with Gasteiger partial charge in [0.1, 0.15) is 12.7 Å². The van der Waals surface area contributed by atoms with Crippen molar-refractivity contribution in [2.24, 2.45) is 21.7 Å². The fourth-order valence-electron chi connectivity index (χ4n) is 6.43. The van der Waals surface area contributed by atoms with Crippen LogP contribution in [0.2, 0.25) is 19.6 Å². The average molecular weight is 842 g/mol. The number of ether oxygens (including phenoxy) is 7. The van der Waals surface area contributed by atoms with Gasteiger partial charge < -0.3 is 37.6 Å². The van der Waals surface area contributed by atoms with Crippen LogP contribution in [0.15, 0.2) is 11.8 Å². The minimum atomic E-state index is -2.03. The Morgan fingerprint density at radius 3 is 1.71 bits per heavy atom. The first kappa shape index (κ1) is 51.6. The smallest absolute Gasteiger partial charge is 0.311 e. The fraction of sp³-hybridized carbons (Fsp3) is 0.864. The summed E-state index contributed by atoms with van der Waals surface area (Å²) in [6, 6.07) is -0.477. The molecule has 1 saturated heterocycles. The molecule has 0 aromatic rings. The highest BCUT2D eigenvalue weighted by Gasteiger charge is 2.57. The van der Waals surface area contributed by atoms with E-state index in [1.807, 2.05) is 13.8 Å². The van der Waals surface area contributed by atoms with Gasteiger partial charge in [0.25, 0.3) is 0 Å². The molecule has 0 N–H and O–H groups in total. The van der Waals surface area contributed by atoms with Gasteiger partial charge in [-0.05, 0) is 142 Å². The Labute approximate surface area is 351 Å². The summed E-state index contributed by atoms with van der Waals surface area (Å²) in [7, 11) is -2.03. The van der Waals surface area contributed by atoms with Crippen molar-refractivity contribution >= 4 is 32.2 Å². The van der Waals surface area contributed by atoms with Gasteiger partial charge in [-0.1, -0.05) is 13.3 Å². The number of nitrogens with zero attached hydrogens (tertiary/aromatic N) is 1. The SMILES string of the molecule is CCC[C@@H]1CC(O[Si](C)(C)C)=C[C@H](CCCOC(C)OCC)N1[C@@H]1O[C@H](COC(=O)C(C)(C)C)[C@H](OC(=O)C(C)(C)C)[C@H](OC(=O)C(C)(C)C)[C@H]1OC(=O)C(C)(C)C. The van der Waals surface area contributed by atoms with Gasteiger partial charge in [0.15, 0.2) is 30.8 Å². The van der Waals surface area contributed by atoms with Crippen molar-refractivity contribution in [2.75, 3.05) is 19.8 Å². The molecule has 0 radical (unpaired) electrons. The first-order valence-corrected chi connectivity index (χ1v) is 24.7. The highest BCUT2D eigenvalue weighted by Crippen LogP contribution is 2.40. The molecule has 8 atom stereocenters. The van der Waals surface area contributed by atoms with E-state index >= 15 is 0 Å². The molecule has 0 aliphatic carbocycles. The summed E-state index contributed by atoms with van der Waals surface area (Å²) < 4.78 is 50.3. The Hall–Kier alpha value is -2.52. The van der Waals surface area contributed by atoms with Crippen LogP contribution < -0.4 is 0 Å². The summed E-state index contributed by atoms with van der Waals surface area (Å²) >= 11 is 0. The van der Waals surface area contributed by atoms with Gasteiger partial charge in [0.05, 0.1) is 27.4 Å². The van der Waals surface area contributed by atoms with Crippen molar-refractivity contribution in [1.82, 2.24) is 4.90 Å². The minimum absolute atomic E-state index is 0.166. The first-order chi connectivity index (χ1) is 26.4. The van der Waals surface area contributed by atoms with E-state index in [-0.39, 0.29) is 25.0 Å². The number of carbonyl (C=O) groups excluding carboxylic acids is 4. The molecule has 0 spiro atoms. The number of esters is 4. The summed E-state index contributed by atoms with van der Waals surface area (Å²) in [6.07, 6.45) is -0.962. The molecule has 2 aliphatic rings. The third kappa shape index (κ3) is 15.8. The van der Waals surface area contributed by atoms with Gasteiger partial charge in [-0.25, -0.2) is 0 Å². The van der Waals surface area contributed by atoms with Crippen LogP contribution in [-0.4, -0.2) is 106 Å². The molecule has 0 saturated carbocycles. The maximum absolute atomic E-state index is 14.0. The zero-order valence-corrected chi connectivity index (χ0v) is 40.2. The molecule has 0 amide bonds. The standard InChI is InChI=1S/C44H79NO12Si/c1-19-22-29-25-31(57-58(16,17)18)26-30(23-21-24-51-28(3)50-20-2)45(29)36-35(56-40(49)44(13,14)15)34(55-39(48)43(10,11)12)33(54-38(47)42(7,8)9)32(53-36)27-52-37(46)41(4,5)6/h26,28-30,32-36H,19-25,27H2,1-18H3/t28?,29-,30+,32-,33+,34+,35-,36-/m1/s1. The van der Waals surface area contributed by atoms with E-state index in [1.54, 1.807) is 83.1 Å². The number of hydrogen-bond donors (Lipinski definition) is 0. The second-order valence-electron chi connectivity index (χ2n) is 20.8. The summed E-state index contributed by atoms with van der Waals surface area (Å²) in [5.74, 6) is -1.34. The van der Waals surface area contributed by atoms with Crippen molar-refractivity contribution in [3.05, 3.63) is 11.8 Å².